The van der Waals surface area contributed by atoms with E-state index in [0.29, 0.717) is 19.5 Å². The standard InChI is InChI=1S/C8H13NO3/c1-6(10)9-4-2-3-7(5-9)8(11)12/h7H,2-5H2,1H3,(H,11,12)/t7-/m0/s1. The Hall–Kier alpha value is -1.06. The summed E-state index contributed by atoms with van der Waals surface area (Å²) in [6, 6.07) is 0. The lowest BCUT2D eigenvalue weighted by molar-refractivity contribution is -0.145. The Morgan fingerprint density at radius 2 is 2.17 bits per heavy atom. The molecule has 12 heavy (non-hydrogen) atoms. The number of rotatable bonds is 1. The number of carbonyl (C=O) groups excluding carboxylic acids is 1. The van der Waals surface area contributed by atoms with Crippen molar-refractivity contribution in [3.05, 3.63) is 0 Å². The maximum Gasteiger partial charge on any atom is 0.308 e. The number of piperidine rings is 1. The molecule has 0 unspecified atom stereocenters. The fourth-order valence-corrected chi connectivity index (χ4v) is 1.46. The van der Waals surface area contributed by atoms with E-state index in [1.165, 1.54) is 6.92 Å². The molecule has 1 N–H and O–H groups in total. The van der Waals surface area contributed by atoms with E-state index in [2.05, 4.69) is 0 Å². The van der Waals surface area contributed by atoms with Crippen LogP contribution in [-0.2, 0) is 9.59 Å². The molecule has 4 heteroatoms. The summed E-state index contributed by atoms with van der Waals surface area (Å²) in [5.41, 5.74) is 0. The maximum atomic E-state index is 10.9. The molecule has 0 radical (unpaired) electrons. The highest BCUT2D eigenvalue weighted by Gasteiger charge is 2.26. The van der Waals surface area contributed by atoms with Crippen molar-refractivity contribution >= 4 is 11.9 Å². The topological polar surface area (TPSA) is 57.6 Å². The Bertz CT molecular complexity index is 182. The van der Waals surface area contributed by atoms with Crippen LogP contribution in [0.1, 0.15) is 19.8 Å². The van der Waals surface area contributed by atoms with Crippen molar-refractivity contribution in [3.8, 4) is 0 Å². The largest absolute Gasteiger partial charge is 0.481 e. The van der Waals surface area contributed by atoms with Crippen LogP contribution in [0.3, 0.4) is 0 Å². The number of amides is 1. The Morgan fingerprint density at radius 1 is 1.50 bits per heavy atom. The predicted octanol–water partition coefficient (Wildman–Crippen LogP) is 0.329. The number of carboxylic acid groups (broad SMARTS) is 1. The van der Waals surface area contributed by atoms with E-state index in [4.69, 9.17) is 5.11 Å². The number of hydrogen-bond donors (Lipinski definition) is 1. The summed E-state index contributed by atoms with van der Waals surface area (Å²) in [6.45, 7) is 2.56. The van der Waals surface area contributed by atoms with Crippen molar-refractivity contribution in [2.24, 2.45) is 5.92 Å². The average molecular weight is 171 g/mol. The monoisotopic (exact) mass is 171 g/mol. The molecule has 1 saturated heterocycles. The minimum Gasteiger partial charge on any atom is -0.481 e. The smallest absolute Gasteiger partial charge is 0.308 e. The van der Waals surface area contributed by atoms with Crippen molar-refractivity contribution < 1.29 is 14.7 Å². The quantitative estimate of drug-likeness (QED) is 0.618. The molecule has 1 atom stereocenters. The van der Waals surface area contributed by atoms with Gasteiger partial charge in [-0.2, -0.15) is 0 Å². The van der Waals surface area contributed by atoms with E-state index in [9.17, 15) is 9.59 Å². The highest BCUT2D eigenvalue weighted by molar-refractivity contribution is 5.75. The average Bonchev–Trinajstić information content (AvgIpc) is 2.04. The van der Waals surface area contributed by atoms with Gasteiger partial charge in [0.25, 0.3) is 0 Å². The van der Waals surface area contributed by atoms with Gasteiger partial charge in [0.1, 0.15) is 0 Å². The maximum absolute atomic E-state index is 10.9. The van der Waals surface area contributed by atoms with E-state index < -0.39 is 5.97 Å². The molecule has 0 bridgehead atoms. The number of nitrogens with zero attached hydrogens (tertiary/aromatic N) is 1. The van der Waals surface area contributed by atoms with Crippen LogP contribution in [0.2, 0.25) is 0 Å². The van der Waals surface area contributed by atoms with Gasteiger partial charge in [-0.1, -0.05) is 0 Å². The lowest BCUT2D eigenvalue weighted by Crippen LogP contribution is -2.41. The Morgan fingerprint density at radius 3 is 2.67 bits per heavy atom. The summed E-state index contributed by atoms with van der Waals surface area (Å²) in [5.74, 6) is -1.18. The highest BCUT2D eigenvalue weighted by Crippen LogP contribution is 2.16. The lowest BCUT2D eigenvalue weighted by Gasteiger charge is -2.29. The first kappa shape index (κ1) is 9.03. The van der Waals surface area contributed by atoms with Crippen LogP contribution >= 0.6 is 0 Å². The molecule has 0 aromatic carbocycles. The van der Waals surface area contributed by atoms with Gasteiger partial charge in [0.15, 0.2) is 0 Å². The molecule has 0 aromatic rings. The van der Waals surface area contributed by atoms with E-state index >= 15 is 0 Å². The van der Waals surface area contributed by atoms with Gasteiger partial charge >= 0.3 is 5.97 Å². The first-order valence-corrected chi connectivity index (χ1v) is 4.09. The van der Waals surface area contributed by atoms with Crippen LogP contribution in [0.4, 0.5) is 0 Å². The first-order valence-electron chi connectivity index (χ1n) is 4.09. The van der Waals surface area contributed by atoms with Crippen LogP contribution < -0.4 is 0 Å². The molecule has 1 heterocycles. The Balaban J connectivity index is 2.51. The van der Waals surface area contributed by atoms with Gasteiger partial charge in [0, 0.05) is 20.0 Å². The summed E-state index contributed by atoms with van der Waals surface area (Å²) in [7, 11) is 0. The second-order valence-electron chi connectivity index (χ2n) is 3.14. The van der Waals surface area contributed by atoms with Crippen molar-refractivity contribution in [2.45, 2.75) is 19.8 Å². The van der Waals surface area contributed by atoms with Crippen molar-refractivity contribution in [3.63, 3.8) is 0 Å². The van der Waals surface area contributed by atoms with Crippen molar-refractivity contribution in [2.75, 3.05) is 13.1 Å². The number of hydrogen-bond acceptors (Lipinski definition) is 2. The van der Waals surface area contributed by atoms with Crippen LogP contribution in [-0.4, -0.2) is 35.0 Å². The summed E-state index contributed by atoms with van der Waals surface area (Å²) < 4.78 is 0. The van der Waals surface area contributed by atoms with E-state index in [1.807, 2.05) is 0 Å². The normalized spacial score (nSPS) is 23.8. The molecule has 4 nitrogen and oxygen atoms in total. The van der Waals surface area contributed by atoms with Crippen LogP contribution in [0.15, 0.2) is 0 Å². The van der Waals surface area contributed by atoms with Crippen LogP contribution in [0.25, 0.3) is 0 Å². The number of carboxylic acids is 1. The molecule has 68 valence electrons. The molecule has 1 aliphatic rings. The third-order valence-electron chi connectivity index (χ3n) is 2.22. The summed E-state index contributed by atoms with van der Waals surface area (Å²) in [5, 5.41) is 8.70. The van der Waals surface area contributed by atoms with E-state index in [0.717, 1.165) is 6.42 Å². The second kappa shape index (κ2) is 3.56. The zero-order chi connectivity index (χ0) is 9.14. The van der Waals surface area contributed by atoms with Gasteiger partial charge in [0.05, 0.1) is 5.92 Å². The molecule has 1 amide bonds. The minimum absolute atomic E-state index is 0.0269. The Kier molecular flexibility index (Phi) is 2.68. The molecular weight excluding hydrogens is 158 g/mol. The van der Waals surface area contributed by atoms with Gasteiger partial charge in [-0.25, -0.2) is 0 Å². The third kappa shape index (κ3) is 1.96. The number of likely N-dealkylation sites (tertiary alicyclic amines) is 1. The fourth-order valence-electron chi connectivity index (χ4n) is 1.46. The second-order valence-corrected chi connectivity index (χ2v) is 3.14. The molecular formula is C8H13NO3. The molecule has 1 aliphatic heterocycles. The van der Waals surface area contributed by atoms with Crippen molar-refractivity contribution in [1.82, 2.24) is 4.90 Å². The zero-order valence-corrected chi connectivity index (χ0v) is 7.12. The molecule has 0 aliphatic carbocycles. The third-order valence-corrected chi connectivity index (χ3v) is 2.22. The molecule has 0 aromatic heterocycles. The minimum atomic E-state index is -0.791. The summed E-state index contributed by atoms with van der Waals surface area (Å²) >= 11 is 0. The van der Waals surface area contributed by atoms with Gasteiger partial charge in [-0.05, 0) is 12.8 Å². The number of aliphatic carboxylic acids is 1. The molecule has 0 spiro atoms. The van der Waals surface area contributed by atoms with Crippen LogP contribution in [0.5, 0.6) is 0 Å². The first-order chi connectivity index (χ1) is 5.61. The zero-order valence-electron chi connectivity index (χ0n) is 7.12. The SMILES string of the molecule is CC(=O)N1CCC[C@H](C(=O)O)C1. The van der Waals surface area contributed by atoms with Crippen LogP contribution in [0, 0.1) is 5.92 Å². The lowest BCUT2D eigenvalue weighted by atomic mass is 9.98. The predicted molar refractivity (Wildman–Crippen MR) is 42.6 cm³/mol. The molecule has 1 rings (SSSR count). The van der Waals surface area contributed by atoms with Gasteiger partial charge in [-0.15, -0.1) is 0 Å². The highest BCUT2D eigenvalue weighted by atomic mass is 16.4. The van der Waals surface area contributed by atoms with Crippen molar-refractivity contribution in [1.29, 1.82) is 0 Å². The summed E-state index contributed by atoms with van der Waals surface area (Å²) in [4.78, 5) is 23.1. The van der Waals surface area contributed by atoms with E-state index in [1.54, 1.807) is 4.90 Å². The number of carbonyl (C=O) groups is 2. The van der Waals surface area contributed by atoms with Gasteiger partial charge in [0.2, 0.25) is 5.91 Å². The fraction of sp³-hybridized carbons (Fsp3) is 0.750. The van der Waals surface area contributed by atoms with Gasteiger partial charge in [-0.3, -0.25) is 9.59 Å². The molecule has 1 fully saturated rings. The molecule has 0 saturated carbocycles. The Labute approximate surface area is 71.2 Å². The van der Waals surface area contributed by atoms with E-state index in [-0.39, 0.29) is 11.8 Å². The summed E-state index contributed by atoms with van der Waals surface area (Å²) in [6.07, 6.45) is 1.50. The van der Waals surface area contributed by atoms with Gasteiger partial charge < -0.3 is 10.0 Å².